The molecule has 1 fully saturated rings. The van der Waals surface area contributed by atoms with Gasteiger partial charge in [0.2, 0.25) is 0 Å². The summed E-state index contributed by atoms with van der Waals surface area (Å²) >= 11 is 0. The van der Waals surface area contributed by atoms with Crippen LogP contribution in [0.2, 0.25) is 0 Å². The molecule has 1 aliphatic rings. The minimum Gasteiger partial charge on any atom is -0.317 e. The third kappa shape index (κ3) is 2.56. The van der Waals surface area contributed by atoms with Crippen LogP contribution in [-0.4, -0.2) is 27.9 Å². The van der Waals surface area contributed by atoms with Crippen molar-refractivity contribution >= 4 is 0 Å². The molecule has 0 amide bonds. The highest BCUT2D eigenvalue weighted by atomic mass is 15.3. The number of hydrogen-bond acceptors (Lipinski definition) is 3. The van der Waals surface area contributed by atoms with Crippen LogP contribution < -0.4 is 5.32 Å². The van der Waals surface area contributed by atoms with Gasteiger partial charge in [-0.3, -0.25) is 0 Å². The summed E-state index contributed by atoms with van der Waals surface area (Å²) in [6.07, 6.45) is 5.47. The summed E-state index contributed by atoms with van der Waals surface area (Å²) in [6.45, 7) is 6.66. The van der Waals surface area contributed by atoms with Gasteiger partial charge in [-0.15, -0.1) is 10.2 Å². The number of nitrogens with one attached hydrogen (secondary N) is 1. The molecule has 0 atom stereocenters. The minimum absolute atomic E-state index is 0.469. The molecule has 84 valence electrons. The van der Waals surface area contributed by atoms with Crippen molar-refractivity contribution in [3.05, 3.63) is 12.2 Å². The molecule has 0 aromatic carbocycles. The highest BCUT2D eigenvalue weighted by molar-refractivity contribution is 4.91. The molecule has 1 aromatic rings. The van der Waals surface area contributed by atoms with Crippen molar-refractivity contribution < 1.29 is 0 Å². The lowest BCUT2D eigenvalue weighted by atomic mass is 9.94. The molecule has 0 saturated carbocycles. The van der Waals surface area contributed by atoms with Crippen LogP contribution >= 0.6 is 0 Å². The second kappa shape index (κ2) is 4.75. The fraction of sp³-hybridized carbons (Fsp3) is 0.818. The summed E-state index contributed by atoms with van der Waals surface area (Å²) in [7, 11) is 0. The normalized spacial score (nSPS) is 18.6. The SMILES string of the molecule is CC(C)n1cnnc1CC1CCNCC1. The van der Waals surface area contributed by atoms with E-state index >= 15 is 0 Å². The Labute approximate surface area is 91.1 Å². The lowest BCUT2D eigenvalue weighted by molar-refractivity contribution is 0.360. The van der Waals surface area contributed by atoms with Gasteiger partial charge < -0.3 is 9.88 Å². The van der Waals surface area contributed by atoms with Crippen LogP contribution in [0.3, 0.4) is 0 Å². The molecule has 1 aromatic heterocycles. The summed E-state index contributed by atoms with van der Waals surface area (Å²) in [6, 6.07) is 0.469. The fourth-order valence-corrected chi connectivity index (χ4v) is 2.19. The van der Waals surface area contributed by atoms with Crippen molar-refractivity contribution in [1.29, 1.82) is 0 Å². The van der Waals surface area contributed by atoms with E-state index in [1.165, 1.54) is 12.8 Å². The number of rotatable bonds is 3. The lowest BCUT2D eigenvalue weighted by Gasteiger charge is -2.22. The first-order valence-electron chi connectivity index (χ1n) is 5.86. The molecule has 1 aliphatic heterocycles. The van der Waals surface area contributed by atoms with Crippen LogP contribution in [0, 0.1) is 5.92 Å². The van der Waals surface area contributed by atoms with Gasteiger partial charge in [0.1, 0.15) is 12.2 Å². The molecule has 0 radical (unpaired) electrons. The van der Waals surface area contributed by atoms with Crippen molar-refractivity contribution in [2.45, 2.75) is 39.2 Å². The third-order valence-electron chi connectivity index (χ3n) is 3.13. The summed E-state index contributed by atoms with van der Waals surface area (Å²) in [4.78, 5) is 0. The average Bonchev–Trinajstić information content (AvgIpc) is 2.67. The van der Waals surface area contributed by atoms with Crippen LogP contribution in [0.25, 0.3) is 0 Å². The van der Waals surface area contributed by atoms with Gasteiger partial charge in [0.25, 0.3) is 0 Å². The molecule has 0 aliphatic carbocycles. The molecule has 15 heavy (non-hydrogen) atoms. The summed E-state index contributed by atoms with van der Waals surface area (Å²) in [5.74, 6) is 1.94. The van der Waals surface area contributed by atoms with Gasteiger partial charge >= 0.3 is 0 Å². The van der Waals surface area contributed by atoms with Crippen molar-refractivity contribution in [2.24, 2.45) is 5.92 Å². The maximum absolute atomic E-state index is 4.22. The molecule has 4 heteroatoms. The standard InChI is InChI=1S/C11H20N4/c1-9(2)15-8-13-14-11(15)7-10-3-5-12-6-4-10/h8-10,12H,3-7H2,1-2H3. The van der Waals surface area contributed by atoms with Gasteiger partial charge in [0.05, 0.1) is 0 Å². The second-order valence-electron chi connectivity index (χ2n) is 4.65. The highest BCUT2D eigenvalue weighted by Gasteiger charge is 2.17. The van der Waals surface area contributed by atoms with Crippen LogP contribution in [0.5, 0.6) is 0 Å². The van der Waals surface area contributed by atoms with E-state index in [4.69, 9.17) is 0 Å². The second-order valence-corrected chi connectivity index (χ2v) is 4.65. The quantitative estimate of drug-likeness (QED) is 0.816. The topological polar surface area (TPSA) is 42.7 Å². The van der Waals surface area contributed by atoms with E-state index in [9.17, 15) is 0 Å². The Balaban J connectivity index is 1.99. The maximum atomic E-state index is 4.22. The predicted octanol–water partition coefficient (Wildman–Crippen LogP) is 1.40. The molecule has 1 N–H and O–H groups in total. The van der Waals surface area contributed by atoms with Gasteiger partial charge in [0, 0.05) is 12.5 Å². The molecule has 1 saturated heterocycles. The van der Waals surface area contributed by atoms with Gasteiger partial charge in [-0.1, -0.05) is 0 Å². The van der Waals surface area contributed by atoms with Crippen molar-refractivity contribution in [2.75, 3.05) is 13.1 Å². The number of hydrogen-bond donors (Lipinski definition) is 1. The third-order valence-corrected chi connectivity index (χ3v) is 3.13. The Bertz CT molecular complexity index is 299. The van der Waals surface area contributed by atoms with Gasteiger partial charge in [0.15, 0.2) is 0 Å². The van der Waals surface area contributed by atoms with Crippen molar-refractivity contribution in [3.8, 4) is 0 Å². The molecular weight excluding hydrogens is 188 g/mol. The Morgan fingerprint density at radius 2 is 2.20 bits per heavy atom. The van der Waals surface area contributed by atoms with E-state index in [2.05, 4.69) is 33.9 Å². The average molecular weight is 208 g/mol. The van der Waals surface area contributed by atoms with Crippen LogP contribution in [0.4, 0.5) is 0 Å². The van der Waals surface area contributed by atoms with Crippen molar-refractivity contribution in [1.82, 2.24) is 20.1 Å². The zero-order chi connectivity index (χ0) is 10.7. The Morgan fingerprint density at radius 1 is 1.47 bits per heavy atom. The Morgan fingerprint density at radius 3 is 2.87 bits per heavy atom. The summed E-state index contributed by atoms with van der Waals surface area (Å²) in [5.41, 5.74) is 0. The van der Waals surface area contributed by atoms with Gasteiger partial charge in [-0.2, -0.15) is 0 Å². The minimum atomic E-state index is 0.469. The zero-order valence-corrected chi connectivity index (χ0v) is 9.61. The zero-order valence-electron chi connectivity index (χ0n) is 9.61. The van der Waals surface area contributed by atoms with E-state index in [1.807, 2.05) is 6.33 Å². The predicted molar refractivity (Wildman–Crippen MR) is 59.7 cm³/mol. The van der Waals surface area contributed by atoms with Crippen LogP contribution in [0.1, 0.15) is 38.6 Å². The fourth-order valence-electron chi connectivity index (χ4n) is 2.19. The molecule has 0 bridgehead atoms. The van der Waals surface area contributed by atoms with Crippen LogP contribution in [-0.2, 0) is 6.42 Å². The summed E-state index contributed by atoms with van der Waals surface area (Å²) in [5, 5.41) is 11.6. The Hall–Kier alpha value is -0.900. The van der Waals surface area contributed by atoms with Gasteiger partial charge in [-0.05, 0) is 45.7 Å². The van der Waals surface area contributed by atoms with Gasteiger partial charge in [-0.25, -0.2) is 0 Å². The first-order valence-corrected chi connectivity index (χ1v) is 5.86. The lowest BCUT2D eigenvalue weighted by Crippen LogP contribution is -2.29. The molecule has 0 unspecified atom stereocenters. The van der Waals surface area contributed by atoms with E-state index < -0.39 is 0 Å². The number of aromatic nitrogens is 3. The maximum Gasteiger partial charge on any atom is 0.133 e. The molecule has 2 rings (SSSR count). The summed E-state index contributed by atoms with van der Waals surface area (Å²) < 4.78 is 2.18. The largest absolute Gasteiger partial charge is 0.317 e. The number of piperidine rings is 1. The smallest absolute Gasteiger partial charge is 0.133 e. The van der Waals surface area contributed by atoms with E-state index in [0.29, 0.717) is 6.04 Å². The first kappa shape index (κ1) is 10.6. The molecule has 2 heterocycles. The van der Waals surface area contributed by atoms with Crippen molar-refractivity contribution in [3.63, 3.8) is 0 Å². The molecule has 4 nitrogen and oxygen atoms in total. The molecule has 0 spiro atoms. The van der Waals surface area contributed by atoms with E-state index in [0.717, 1.165) is 31.3 Å². The highest BCUT2D eigenvalue weighted by Crippen LogP contribution is 2.18. The number of nitrogens with zero attached hydrogens (tertiary/aromatic N) is 3. The molecular formula is C11H20N4. The van der Waals surface area contributed by atoms with E-state index in [1.54, 1.807) is 0 Å². The van der Waals surface area contributed by atoms with Crippen LogP contribution in [0.15, 0.2) is 6.33 Å². The monoisotopic (exact) mass is 208 g/mol. The van der Waals surface area contributed by atoms with E-state index in [-0.39, 0.29) is 0 Å². The first-order chi connectivity index (χ1) is 7.27. The Kier molecular flexibility index (Phi) is 3.36.